The topological polar surface area (TPSA) is 50.7 Å². The van der Waals surface area contributed by atoms with Crippen LogP contribution in [0.1, 0.15) is 11.3 Å². The fourth-order valence-corrected chi connectivity index (χ4v) is 2.92. The molecular formula is C14H14N4S. The van der Waals surface area contributed by atoms with Crippen LogP contribution in [-0.2, 0) is 6.42 Å². The summed E-state index contributed by atoms with van der Waals surface area (Å²) in [4.78, 5) is 12.9. The van der Waals surface area contributed by atoms with Crippen molar-refractivity contribution in [2.45, 2.75) is 13.3 Å². The molecule has 4 nitrogen and oxygen atoms in total. The first-order valence-corrected chi connectivity index (χ1v) is 7.05. The van der Waals surface area contributed by atoms with Gasteiger partial charge in [-0.15, -0.1) is 11.3 Å². The van der Waals surface area contributed by atoms with Crippen LogP contribution in [0.15, 0.2) is 36.1 Å². The van der Waals surface area contributed by atoms with Gasteiger partial charge in [0.2, 0.25) is 0 Å². The van der Waals surface area contributed by atoms with Crippen molar-refractivity contribution in [1.29, 1.82) is 0 Å². The van der Waals surface area contributed by atoms with Crippen LogP contribution >= 0.6 is 11.3 Å². The minimum absolute atomic E-state index is 0.820. The van der Waals surface area contributed by atoms with Crippen LogP contribution in [0.25, 0.3) is 10.2 Å². The molecule has 0 aliphatic heterocycles. The standard InChI is InChI=1S/C14H14N4S/c1-10-8-19-13-12(10)17-9-18-14(13)16-7-5-11-4-2-3-6-15-11/h2-4,6,8-9H,5,7H2,1H3,(H,16,17,18). The van der Waals surface area contributed by atoms with Gasteiger partial charge in [-0.1, -0.05) is 6.07 Å². The fourth-order valence-electron chi connectivity index (χ4n) is 1.95. The van der Waals surface area contributed by atoms with E-state index in [1.54, 1.807) is 17.7 Å². The third kappa shape index (κ3) is 2.56. The second kappa shape index (κ2) is 5.32. The van der Waals surface area contributed by atoms with Crippen molar-refractivity contribution in [3.05, 3.63) is 47.4 Å². The molecule has 1 N–H and O–H groups in total. The zero-order valence-corrected chi connectivity index (χ0v) is 11.4. The Morgan fingerprint density at radius 1 is 1.21 bits per heavy atom. The van der Waals surface area contributed by atoms with Gasteiger partial charge in [0.15, 0.2) is 0 Å². The summed E-state index contributed by atoms with van der Waals surface area (Å²) in [6, 6.07) is 5.97. The monoisotopic (exact) mass is 270 g/mol. The van der Waals surface area contributed by atoms with Crippen LogP contribution in [0, 0.1) is 6.92 Å². The molecule has 0 saturated heterocycles. The van der Waals surface area contributed by atoms with Crippen molar-refractivity contribution >= 4 is 27.4 Å². The molecule has 0 radical (unpaired) electrons. The third-order valence-electron chi connectivity index (χ3n) is 2.93. The Labute approximate surface area is 115 Å². The summed E-state index contributed by atoms with van der Waals surface area (Å²) in [5.74, 6) is 0.916. The van der Waals surface area contributed by atoms with Crippen LogP contribution in [-0.4, -0.2) is 21.5 Å². The summed E-state index contributed by atoms with van der Waals surface area (Å²) in [5, 5.41) is 5.48. The fraction of sp³-hybridized carbons (Fsp3) is 0.214. The van der Waals surface area contributed by atoms with Gasteiger partial charge in [0.05, 0.1) is 10.2 Å². The molecule has 96 valence electrons. The summed E-state index contributed by atoms with van der Waals surface area (Å²) in [6.45, 7) is 2.89. The average Bonchev–Trinajstić information content (AvgIpc) is 2.83. The molecule has 0 bridgehead atoms. The van der Waals surface area contributed by atoms with Crippen LogP contribution in [0.4, 0.5) is 5.82 Å². The quantitative estimate of drug-likeness (QED) is 0.791. The number of nitrogens with one attached hydrogen (secondary N) is 1. The lowest BCUT2D eigenvalue weighted by atomic mass is 10.2. The predicted molar refractivity (Wildman–Crippen MR) is 78.6 cm³/mol. The number of fused-ring (bicyclic) bond motifs is 1. The molecule has 0 aliphatic carbocycles. The second-order valence-corrected chi connectivity index (χ2v) is 5.20. The van der Waals surface area contributed by atoms with E-state index in [0.29, 0.717) is 0 Å². The number of pyridine rings is 1. The lowest BCUT2D eigenvalue weighted by Crippen LogP contribution is -2.07. The average molecular weight is 270 g/mol. The van der Waals surface area contributed by atoms with E-state index in [1.165, 1.54) is 5.56 Å². The van der Waals surface area contributed by atoms with E-state index < -0.39 is 0 Å². The Balaban J connectivity index is 1.72. The number of thiophene rings is 1. The van der Waals surface area contributed by atoms with E-state index in [9.17, 15) is 0 Å². The highest BCUT2D eigenvalue weighted by Crippen LogP contribution is 2.28. The van der Waals surface area contributed by atoms with E-state index in [-0.39, 0.29) is 0 Å². The molecule has 0 unspecified atom stereocenters. The lowest BCUT2D eigenvalue weighted by Gasteiger charge is -2.05. The zero-order chi connectivity index (χ0) is 13.1. The van der Waals surface area contributed by atoms with Gasteiger partial charge >= 0.3 is 0 Å². The van der Waals surface area contributed by atoms with Crippen LogP contribution in [0.3, 0.4) is 0 Å². The number of aromatic nitrogens is 3. The lowest BCUT2D eigenvalue weighted by molar-refractivity contribution is 0.955. The normalized spacial score (nSPS) is 10.8. The van der Waals surface area contributed by atoms with Crippen molar-refractivity contribution < 1.29 is 0 Å². The van der Waals surface area contributed by atoms with Gasteiger partial charge in [-0.05, 0) is 30.0 Å². The van der Waals surface area contributed by atoms with Crippen LogP contribution < -0.4 is 5.32 Å². The van der Waals surface area contributed by atoms with Crippen LogP contribution in [0.5, 0.6) is 0 Å². The maximum atomic E-state index is 4.32. The highest BCUT2D eigenvalue weighted by atomic mass is 32.1. The van der Waals surface area contributed by atoms with E-state index in [1.807, 2.05) is 24.4 Å². The first-order chi connectivity index (χ1) is 9.34. The Morgan fingerprint density at radius 3 is 3.00 bits per heavy atom. The van der Waals surface area contributed by atoms with Gasteiger partial charge in [0.1, 0.15) is 12.1 Å². The van der Waals surface area contributed by atoms with Gasteiger partial charge in [0, 0.05) is 24.9 Å². The largest absolute Gasteiger partial charge is 0.368 e. The number of anilines is 1. The molecule has 19 heavy (non-hydrogen) atoms. The van der Waals surface area contributed by atoms with Crippen molar-refractivity contribution in [2.24, 2.45) is 0 Å². The highest BCUT2D eigenvalue weighted by molar-refractivity contribution is 7.18. The molecular weight excluding hydrogens is 256 g/mol. The molecule has 0 spiro atoms. The van der Waals surface area contributed by atoms with E-state index in [4.69, 9.17) is 0 Å². The maximum Gasteiger partial charge on any atom is 0.147 e. The van der Waals surface area contributed by atoms with Gasteiger partial charge < -0.3 is 5.32 Å². The maximum absolute atomic E-state index is 4.32. The Bertz CT molecular complexity index is 678. The Hall–Kier alpha value is -2.01. The Morgan fingerprint density at radius 2 is 2.16 bits per heavy atom. The zero-order valence-electron chi connectivity index (χ0n) is 10.6. The van der Waals surface area contributed by atoms with E-state index in [2.05, 4.69) is 32.6 Å². The van der Waals surface area contributed by atoms with E-state index in [0.717, 1.165) is 34.7 Å². The summed E-state index contributed by atoms with van der Waals surface area (Å²) < 4.78 is 1.13. The predicted octanol–water partition coefficient (Wildman–Crippen LogP) is 3.05. The molecule has 0 fully saturated rings. The number of hydrogen-bond donors (Lipinski definition) is 1. The number of rotatable bonds is 4. The first-order valence-electron chi connectivity index (χ1n) is 6.17. The summed E-state index contributed by atoms with van der Waals surface area (Å²) >= 11 is 1.68. The molecule has 0 amide bonds. The SMILES string of the molecule is Cc1csc2c(NCCc3ccccn3)ncnc12. The molecule has 3 aromatic rings. The molecule has 0 saturated carbocycles. The van der Waals surface area contributed by atoms with Gasteiger partial charge in [0.25, 0.3) is 0 Å². The van der Waals surface area contributed by atoms with Gasteiger partial charge in [-0.3, -0.25) is 4.98 Å². The van der Waals surface area contributed by atoms with Crippen molar-refractivity contribution in [1.82, 2.24) is 15.0 Å². The minimum atomic E-state index is 0.820. The molecule has 5 heteroatoms. The second-order valence-electron chi connectivity index (χ2n) is 4.32. The number of aryl methyl sites for hydroxylation is 1. The highest BCUT2D eigenvalue weighted by Gasteiger charge is 2.07. The molecule has 3 aromatic heterocycles. The van der Waals surface area contributed by atoms with E-state index >= 15 is 0 Å². The molecule has 3 rings (SSSR count). The third-order valence-corrected chi connectivity index (χ3v) is 4.02. The molecule has 0 aromatic carbocycles. The van der Waals surface area contributed by atoms with Gasteiger partial charge in [-0.2, -0.15) is 0 Å². The molecule has 0 atom stereocenters. The number of hydrogen-bond acceptors (Lipinski definition) is 5. The van der Waals surface area contributed by atoms with Crippen LogP contribution in [0.2, 0.25) is 0 Å². The summed E-state index contributed by atoms with van der Waals surface area (Å²) in [7, 11) is 0. The summed E-state index contributed by atoms with van der Waals surface area (Å²) in [5.41, 5.74) is 3.33. The number of nitrogens with zero attached hydrogens (tertiary/aromatic N) is 3. The first kappa shape index (κ1) is 12.0. The summed E-state index contributed by atoms with van der Waals surface area (Å²) in [6.07, 6.45) is 4.32. The molecule has 3 heterocycles. The molecule has 0 aliphatic rings. The van der Waals surface area contributed by atoms with Crippen molar-refractivity contribution in [2.75, 3.05) is 11.9 Å². The minimum Gasteiger partial charge on any atom is -0.368 e. The van der Waals surface area contributed by atoms with Crippen molar-refractivity contribution in [3.63, 3.8) is 0 Å². The van der Waals surface area contributed by atoms with Crippen molar-refractivity contribution in [3.8, 4) is 0 Å². The smallest absolute Gasteiger partial charge is 0.147 e. The Kier molecular flexibility index (Phi) is 3.37. The van der Waals surface area contributed by atoms with Gasteiger partial charge in [-0.25, -0.2) is 9.97 Å².